The highest BCUT2D eigenvalue weighted by Gasteiger charge is 2.28. The predicted octanol–water partition coefficient (Wildman–Crippen LogP) is 2.72. The van der Waals surface area contributed by atoms with Crippen molar-refractivity contribution in [2.45, 2.75) is 22.8 Å². The summed E-state index contributed by atoms with van der Waals surface area (Å²) in [5.41, 5.74) is 1.31. The summed E-state index contributed by atoms with van der Waals surface area (Å²) in [4.78, 5) is 13.4. The van der Waals surface area contributed by atoms with Gasteiger partial charge in [-0.1, -0.05) is 17.8 Å². The minimum absolute atomic E-state index is 0.369. The van der Waals surface area contributed by atoms with Gasteiger partial charge in [0, 0.05) is 16.1 Å². The van der Waals surface area contributed by atoms with Crippen LogP contribution in [0.2, 0.25) is 0 Å². The van der Waals surface area contributed by atoms with E-state index in [9.17, 15) is 9.90 Å². The van der Waals surface area contributed by atoms with Crippen LogP contribution in [0, 0.1) is 6.92 Å². The fourth-order valence-electron chi connectivity index (χ4n) is 1.89. The third-order valence-corrected chi connectivity index (χ3v) is 4.00. The normalized spacial score (nSPS) is 17.7. The van der Waals surface area contributed by atoms with E-state index in [1.54, 1.807) is 24.1 Å². The van der Waals surface area contributed by atoms with Crippen LogP contribution in [0.5, 0.6) is 0 Å². The molecule has 0 fully saturated rings. The van der Waals surface area contributed by atoms with Crippen LogP contribution in [0.3, 0.4) is 0 Å². The Hall–Kier alpha value is -1.72. The quantitative estimate of drug-likeness (QED) is 0.872. The van der Waals surface area contributed by atoms with E-state index >= 15 is 0 Å². The maximum Gasteiger partial charge on any atom is 0.257 e. The number of rotatable bonds is 2. The number of aryl methyl sites for hydroxylation is 1. The van der Waals surface area contributed by atoms with Gasteiger partial charge in [0.2, 0.25) is 0 Å². The molecule has 2 aromatic rings. The molecule has 0 spiro atoms. The molecule has 5 heteroatoms. The fraction of sp³-hybridized carbons (Fsp3) is 0.154. The van der Waals surface area contributed by atoms with Crippen molar-refractivity contribution in [2.75, 3.05) is 5.32 Å². The second-order valence-corrected chi connectivity index (χ2v) is 5.20. The molecule has 1 aromatic carbocycles. The van der Waals surface area contributed by atoms with Crippen molar-refractivity contribution < 1.29 is 14.3 Å². The Labute approximate surface area is 108 Å². The molecule has 0 bridgehead atoms. The van der Waals surface area contributed by atoms with Crippen molar-refractivity contribution in [1.82, 2.24) is 0 Å². The van der Waals surface area contributed by atoms with E-state index in [1.807, 2.05) is 25.1 Å². The maximum atomic E-state index is 11.3. The second kappa shape index (κ2) is 4.19. The summed E-state index contributed by atoms with van der Waals surface area (Å²) < 4.78 is 5.23. The Bertz CT molecular complexity index is 620. The van der Waals surface area contributed by atoms with Crippen LogP contribution < -0.4 is 5.32 Å². The van der Waals surface area contributed by atoms with Crippen molar-refractivity contribution >= 4 is 23.4 Å². The number of hydrogen-bond acceptors (Lipinski definition) is 4. The number of aliphatic hydroxyl groups is 1. The minimum Gasteiger partial charge on any atom is -0.468 e. The lowest BCUT2D eigenvalue weighted by Gasteiger charge is -2.04. The van der Waals surface area contributed by atoms with Gasteiger partial charge in [-0.05, 0) is 25.1 Å². The van der Waals surface area contributed by atoms with Gasteiger partial charge in [-0.3, -0.25) is 4.79 Å². The highest BCUT2D eigenvalue weighted by molar-refractivity contribution is 7.99. The molecule has 0 saturated carbocycles. The summed E-state index contributed by atoms with van der Waals surface area (Å²) in [7, 11) is 0. The third kappa shape index (κ3) is 1.81. The number of fused-ring (bicyclic) bond motifs is 1. The summed E-state index contributed by atoms with van der Waals surface area (Å²) in [6.07, 6.45) is 0.603. The third-order valence-electron chi connectivity index (χ3n) is 2.86. The van der Waals surface area contributed by atoms with Crippen LogP contribution in [-0.2, 0) is 4.79 Å². The molecule has 1 unspecified atom stereocenters. The molecule has 1 atom stereocenters. The predicted molar refractivity (Wildman–Crippen MR) is 67.6 cm³/mol. The van der Waals surface area contributed by atoms with Crippen LogP contribution in [0.25, 0.3) is 0 Å². The highest BCUT2D eigenvalue weighted by atomic mass is 32.2. The van der Waals surface area contributed by atoms with E-state index in [0.29, 0.717) is 11.3 Å². The fourth-order valence-corrected chi connectivity index (χ4v) is 2.78. The van der Waals surface area contributed by atoms with Gasteiger partial charge in [-0.2, -0.15) is 0 Å². The number of furan rings is 1. The average molecular weight is 261 g/mol. The van der Waals surface area contributed by atoms with Gasteiger partial charge in [-0.25, -0.2) is 0 Å². The minimum atomic E-state index is -1.05. The van der Waals surface area contributed by atoms with Gasteiger partial charge in [0.15, 0.2) is 6.10 Å². The first-order valence-corrected chi connectivity index (χ1v) is 6.31. The first-order chi connectivity index (χ1) is 8.65. The molecule has 1 amide bonds. The number of nitrogens with one attached hydrogen (secondary N) is 1. The molecule has 4 nitrogen and oxygen atoms in total. The molecule has 2 heterocycles. The molecule has 2 N–H and O–H groups in total. The van der Waals surface area contributed by atoms with Gasteiger partial charge in [0.25, 0.3) is 5.91 Å². The van der Waals surface area contributed by atoms with Gasteiger partial charge in [0.1, 0.15) is 5.76 Å². The van der Waals surface area contributed by atoms with Crippen molar-refractivity contribution in [3.8, 4) is 0 Å². The maximum absolute atomic E-state index is 11.3. The average Bonchev–Trinajstić information content (AvgIpc) is 2.86. The Morgan fingerprint density at radius 2 is 2.22 bits per heavy atom. The van der Waals surface area contributed by atoms with Crippen molar-refractivity contribution in [2.24, 2.45) is 0 Å². The molecule has 1 aromatic heterocycles. The molecular weight excluding hydrogens is 250 g/mol. The summed E-state index contributed by atoms with van der Waals surface area (Å²) >= 11 is 1.56. The van der Waals surface area contributed by atoms with Gasteiger partial charge < -0.3 is 14.8 Å². The molecule has 0 aliphatic carbocycles. The van der Waals surface area contributed by atoms with Crippen LogP contribution in [0.4, 0.5) is 5.69 Å². The van der Waals surface area contributed by atoms with Crippen LogP contribution in [0.1, 0.15) is 17.4 Å². The Morgan fingerprint density at radius 1 is 1.39 bits per heavy atom. The number of carbonyl (C=O) groups is 1. The molecule has 0 radical (unpaired) electrons. The van der Waals surface area contributed by atoms with Crippen molar-refractivity contribution in [3.63, 3.8) is 0 Å². The lowest BCUT2D eigenvalue weighted by atomic mass is 10.1. The van der Waals surface area contributed by atoms with Crippen molar-refractivity contribution in [1.29, 1.82) is 0 Å². The molecule has 92 valence electrons. The zero-order chi connectivity index (χ0) is 12.7. The number of amides is 1. The van der Waals surface area contributed by atoms with E-state index in [0.717, 1.165) is 15.6 Å². The van der Waals surface area contributed by atoms with E-state index in [1.165, 1.54) is 0 Å². The van der Waals surface area contributed by atoms with Gasteiger partial charge >= 0.3 is 0 Å². The zero-order valence-corrected chi connectivity index (χ0v) is 10.5. The van der Waals surface area contributed by atoms with Gasteiger partial charge in [0.05, 0.1) is 11.2 Å². The van der Waals surface area contributed by atoms with Gasteiger partial charge in [-0.15, -0.1) is 0 Å². The number of benzene rings is 1. The first-order valence-electron chi connectivity index (χ1n) is 5.50. The Balaban J connectivity index is 1.91. The molecule has 18 heavy (non-hydrogen) atoms. The SMILES string of the molecule is Cc1occc1Sc1ccc2c(c1)NC(=O)C2O. The van der Waals surface area contributed by atoms with Crippen LogP contribution in [-0.4, -0.2) is 11.0 Å². The van der Waals surface area contributed by atoms with E-state index in [4.69, 9.17) is 4.42 Å². The summed E-state index contributed by atoms with van der Waals surface area (Å²) in [6.45, 7) is 1.90. The Morgan fingerprint density at radius 3 is 2.94 bits per heavy atom. The van der Waals surface area contributed by atoms with Crippen molar-refractivity contribution in [3.05, 3.63) is 41.9 Å². The summed E-state index contributed by atoms with van der Waals surface area (Å²) in [5, 5.41) is 12.3. The van der Waals surface area contributed by atoms with Crippen LogP contribution in [0.15, 0.2) is 44.7 Å². The largest absolute Gasteiger partial charge is 0.468 e. The van der Waals surface area contributed by atoms with E-state index in [-0.39, 0.29) is 5.91 Å². The first kappa shape index (κ1) is 11.4. The summed E-state index contributed by atoms with van der Waals surface area (Å²) in [5.74, 6) is 0.496. The van der Waals surface area contributed by atoms with E-state index in [2.05, 4.69) is 5.32 Å². The number of aliphatic hydroxyl groups excluding tert-OH is 1. The standard InChI is InChI=1S/C13H11NO3S/c1-7-11(4-5-17-7)18-8-2-3-9-10(6-8)14-13(16)12(9)15/h2-6,12,15H,1H3,(H,14,16). The smallest absolute Gasteiger partial charge is 0.257 e. The molecule has 3 rings (SSSR count). The molecule has 0 saturated heterocycles. The monoisotopic (exact) mass is 261 g/mol. The number of anilines is 1. The zero-order valence-electron chi connectivity index (χ0n) is 9.64. The number of carbonyl (C=O) groups excluding carboxylic acids is 1. The Kier molecular flexibility index (Phi) is 2.65. The molecular formula is C13H11NO3S. The lowest BCUT2D eigenvalue weighted by molar-refractivity contribution is -0.123. The van der Waals surface area contributed by atoms with Crippen LogP contribution >= 0.6 is 11.8 Å². The molecule has 1 aliphatic heterocycles. The second-order valence-electron chi connectivity index (χ2n) is 4.08. The van der Waals surface area contributed by atoms with E-state index < -0.39 is 6.10 Å². The molecule has 1 aliphatic rings. The highest BCUT2D eigenvalue weighted by Crippen LogP contribution is 2.37. The lowest BCUT2D eigenvalue weighted by Crippen LogP contribution is -2.10. The summed E-state index contributed by atoms with van der Waals surface area (Å²) in [6, 6.07) is 7.43. The topological polar surface area (TPSA) is 62.5 Å². The number of hydrogen-bond donors (Lipinski definition) is 2.